The molecule has 1 aromatic rings. The fraction of sp³-hybridized carbons (Fsp3) is 0.625. The van der Waals surface area contributed by atoms with Gasteiger partial charge < -0.3 is 10.1 Å². The van der Waals surface area contributed by atoms with Crippen molar-refractivity contribution in [1.29, 1.82) is 0 Å². The molecular formula is C16H23F2NO3S. The summed E-state index contributed by atoms with van der Waals surface area (Å²) < 4.78 is 54.5. The molecule has 0 bridgehead atoms. The standard InChI is InChI=1S/C16H23F2NO3S/c17-16(18)23(20,21)15-10-6-5-9-14(15)19-11-12-22-13-7-3-1-2-4-8-13/h5-6,9-10,13,16,19H,1-4,7-8,11-12H2. The molecule has 1 N–H and O–H groups in total. The minimum atomic E-state index is -4.61. The topological polar surface area (TPSA) is 55.4 Å². The predicted octanol–water partition coefficient (Wildman–Crippen LogP) is 3.83. The number of hydrogen-bond donors (Lipinski definition) is 1. The first kappa shape index (κ1) is 18.1. The van der Waals surface area contributed by atoms with Gasteiger partial charge in [0.15, 0.2) is 0 Å². The summed E-state index contributed by atoms with van der Waals surface area (Å²) >= 11 is 0. The maximum atomic E-state index is 12.7. The molecule has 1 aliphatic carbocycles. The lowest BCUT2D eigenvalue weighted by Gasteiger charge is -2.16. The van der Waals surface area contributed by atoms with Crippen LogP contribution >= 0.6 is 0 Å². The van der Waals surface area contributed by atoms with Crippen LogP contribution in [0.1, 0.15) is 38.5 Å². The van der Waals surface area contributed by atoms with Gasteiger partial charge in [-0.2, -0.15) is 8.78 Å². The first-order chi connectivity index (χ1) is 11.0. The number of sulfone groups is 1. The first-order valence-electron chi connectivity index (χ1n) is 7.98. The molecule has 1 aromatic carbocycles. The van der Waals surface area contributed by atoms with Gasteiger partial charge in [-0.15, -0.1) is 0 Å². The molecule has 1 saturated carbocycles. The van der Waals surface area contributed by atoms with Gasteiger partial charge in [0.05, 0.1) is 23.3 Å². The zero-order chi connectivity index (χ0) is 16.7. The maximum absolute atomic E-state index is 12.7. The number of halogens is 2. The molecule has 23 heavy (non-hydrogen) atoms. The van der Waals surface area contributed by atoms with Crippen molar-refractivity contribution in [2.24, 2.45) is 0 Å². The third kappa shape index (κ3) is 5.14. The van der Waals surface area contributed by atoms with Crippen LogP contribution in [-0.4, -0.2) is 33.4 Å². The molecule has 0 saturated heterocycles. The first-order valence-corrected chi connectivity index (χ1v) is 9.53. The molecule has 0 heterocycles. The molecule has 0 radical (unpaired) electrons. The van der Waals surface area contributed by atoms with Crippen molar-refractivity contribution in [3.8, 4) is 0 Å². The second-order valence-corrected chi connectivity index (χ2v) is 7.60. The largest absolute Gasteiger partial charge is 0.382 e. The average Bonchev–Trinajstić information content (AvgIpc) is 2.80. The number of ether oxygens (including phenoxy) is 1. The van der Waals surface area contributed by atoms with Crippen LogP contribution in [0.5, 0.6) is 0 Å². The van der Waals surface area contributed by atoms with Crippen molar-refractivity contribution in [3.05, 3.63) is 24.3 Å². The normalized spacial score (nSPS) is 17.2. The van der Waals surface area contributed by atoms with Gasteiger partial charge in [0.25, 0.3) is 0 Å². The number of alkyl halides is 2. The van der Waals surface area contributed by atoms with Crippen LogP contribution in [-0.2, 0) is 14.6 Å². The molecule has 130 valence electrons. The van der Waals surface area contributed by atoms with Gasteiger partial charge in [-0.05, 0) is 25.0 Å². The van der Waals surface area contributed by atoms with Crippen LogP contribution in [0.25, 0.3) is 0 Å². The lowest BCUT2D eigenvalue weighted by Crippen LogP contribution is -2.19. The molecule has 0 amide bonds. The monoisotopic (exact) mass is 347 g/mol. The van der Waals surface area contributed by atoms with Gasteiger partial charge in [-0.1, -0.05) is 37.8 Å². The van der Waals surface area contributed by atoms with E-state index in [1.165, 1.54) is 43.9 Å². The highest BCUT2D eigenvalue weighted by molar-refractivity contribution is 7.91. The zero-order valence-electron chi connectivity index (χ0n) is 13.0. The van der Waals surface area contributed by atoms with Crippen molar-refractivity contribution in [2.45, 2.75) is 55.3 Å². The molecule has 1 aliphatic rings. The summed E-state index contributed by atoms with van der Waals surface area (Å²) in [6, 6.07) is 5.72. The van der Waals surface area contributed by atoms with E-state index >= 15 is 0 Å². The van der Waals surface area contributed by atoms with E-state index in [0.717, 1.165) is 12.8 Å². The Morgan fingerprint density at radius 2 is 1.78 bits per heavy atom. The number of hydrogen-bond acceptors (Lipinski definition) is 4. The summed E-state index contributed by atoms with van der Waals surface area (Å²) in [5.74, 6) is -3.42. The molecule has 7 heteroatoms. The highest BCUT2D eigenvalue weighted by Crippen LogP contribution is 2.26. The molecule has 0 unspecified atom stereocenters. The summed E-state index contributed by atoms with van der Waals surface area (Å²) in [7, 11) is -4.61. The van der Waals surface area contributed by atoms with Crippen LogP contribution in [0.4, 0.5) is 14.5 Å². The molecular weight excluding hydrogens is 324 g/mol. The lowest BCUT2D eigenvalue weighted by atomic mass is 10.1. The molecule has 0 aliphatic heterocycles. The van der Waals surface area contributed by atoms with Crippen LogP contribution in [0.2, 0.25) is 0 Å². The van der Waals surface area contributed by atoms with Crippen molar-refractivity contribution >= 4 is 15.5 Å². The number of rotatable bonds is 7. The molecule has 4 nitrogen and oxygen atoms in total. The molecule has 1 fully saturated rings. The van der Waals surface area contributed by atoms with Gasteiger partial charge >= 0.3 is 5.76 Å². The number of nitrogens with one attached hydrogen (secondary N) is 1. The van der Waals surface area contributed by atoms with Gasteiger partial charge in [0, 0.05) is 6.54 Å². The second kappa shape index (κ2) is 8.59. The Bertz CT molecular complexity index is 585. The van der Waals surface area contributed by atoms with E-state index < -0.39 is 15.6 Å². The van der Waals surface area contributed by atoms with E-state index in [2.05, 4.69) is 5.32 Å². The summed E-state index contributed by atoms with van der Waals surface area (Å²) in [4.78, 5) is -0.371. The Morgan fingerprint density at radius 3 is 2.43 bits per heavy atom. The van der Waals surface area contributed by atoms with Crippen LogP contribution in [0.3, 0.4) is 0 Å². The molecule has 2 rings (SSSR count). The van der Waals surface area contributed by atoms with E-state index in [-0.39, 0.29) is 16.7 Å². The Hall–Kier alpha value is -1.21. The SMILES string of the molecule is O=S(=O)(c1ccccc1NCCOC1CCCCCC1)C(F)F. The maximum Gasteiger partial charge on any atom is 0.341 e. The predicted molar refractivity (Wildman–Crippen MR) is 85.6 cm³/mol. The van der Waals surface area contributed by atoms with E-state index in [9.17, 15) is 17.2 Å². The fourth-order valence-electron chi connectivity index (χ4n) is 2.78. The third-order valence-corrected chi connectivity index (χ3v) is 5.44. The van der Waals surface area contributed by atoms with Gasteiger partial charge in [0.1, 0.15) is 0 Å². The van der Waals surface area contributed by atoms with Crippen molar-refractivity contribution < 1.29 is 21.9 Å². The summed E-state index contributed by atoms with van der Waals surface area (Å²) in [6.07, 6.45) is 7.20. The Labute approximate surface area is 136 Å². The second-order valence-electron chi connectivity index (χ2n) is 5.71. The minimum absolute atomic E-state index is 0.192. The summed E-state index contributed by atoms with van der Waals surface area (Å²) in [5, 5.41) is 2.89. The molecule has 0 atom stereocenters. The zero-order valence-corrected chi connectivity index (χ0v) is 13.8. The Morgan fingerprint density at radius 1 is 1.13 bits per heavy atom. The van der Waals surface area contributed by atoms with E-state index in [1.807, 2.05) is 0 Å². The Kier molecular flexibility index (Phi) is 6.77. The third-order valence-electron chi connectivity index (χ3n) is 4.00. The number of para-hydroxylation sites is 1. The number of benzene rings is 1. The lowest BCUT2D eigenvalue weighted by molar-refractivity contribution is 0.0501. The van der Waals surface area contributed by atoms with Crippen molar-refractivity contribution in [2.75, 3.05) is 18.5 Å². The van der Waals surface area contributed by atoms with Crippen molar-refractivity contribution in [3.63, 3.8) is 0 Å². The molecule has 0 spiro atoms. The fourth-order valence-corrected chi connectivity index (χ4v) is 3.68. The highest BCUT2D eigenvalue weighted by atomic mass is 32.2. The molecule has 0 aromatic heterocycles. The highest BCUT2D eigenvalue weighted by Gasteiger charge is 2.28. The van der Waals surface area contributed by atoms with Gasteiger partial charge in [-0.25, -0.2) is 8.42 Å². The quantitative estimate of drug-likeness (QED) is 0.601. The van der Waals surface area contributed by atoms with E-state index in [1.54, 1.807) is 6.07 Å². The summed E-state index contributed by atoms with van der Waals surface area (Å²) in [6.45, 7) is 0.806. The van der Waals surface area contributed by atoms with Crippen LogP contribution in [0, 0.1) is 0 Å². The van der Waals surface area contributed by atoms with Crippen molar-refractivity contribution in [1.82, 2.24) is 0 Å². The summed E-state index contributed by atoms with van der Waals surface area (Å²) in [5.41, 5.74) is 0.192. The number of anilines is 1. The van der Waals surface area contributed by atoms with E-state index in [0.29, 0.717) is 13.2 Å². The van der Waals surface area contributed by atoms with Gasteiger partial charge in [0.2, 0.25) is 9.84 Å². The van der Waals surface area contributed by atoms with Gasteiger partial charge in [-0.3, -0.25) is 0 Å². The van der Waals surface area contributed by atoms with E-state index in [4.69, 9.17) is 4.74 Å². The van der Waals surface area contributed by atoms with Crippen LogP contribution < -0.4 is 5.32 Å². The minimum Gasteiger partial charge on any atom is -0.382 e. The van der Waals surface area contributed by atoms with Crippen LogP contribution in [0.15, 0.2) is 29.2 Å². The Balaban J connectivity index is 1.88. The smallest absolute Gasteiger partial charge is 0.341 e. The average molecular weight is 347 g/mol.